The third-order valence-corrected chi connectivity index (χ3v) is 5.43. The summed E-state index contributed by atoms with van der Waals surface area (Å²) in [5.41, 5.74) is 1.06. The van der Waals surface area contributed by atoms with Gasteiger partial charge in [0.05, 0.1) is 18.5 Å². The second kappa shape index (κ2) is 9.42. The van der Waals surface area contributed by atoms with Crippen molar-refractivity contribution in [1.82, 2.24) is 5.32 Å². The molecule has 2 rings (SSSR count). The summed E-state index contributed by atoms with van der Waals surface area (Å²) in [6.45, 7) is 6.10. The van der Waals surface area contributed by atoms with Crippen LogP contribution in [0.2, 0.25) is 0 Å². The summed E-state index contributed by atoms with van der Waals surface area (Å²) < 4.78 is 56.8. The van der Waals surface area contributed by atoms with Crippen LogP contribution < -0.4 is 14.4 Å². The van der Waals surface area contributed by atoms with E-state index in [1.807, 2.05) is 24.3 Å². The molecule has 1 amide bonds. The molecule has 0 aliphatic heterocycles. The Kier molecular flexibility index (Phi) is 7.41. The van der Waals surface area contributed by atoms with Crippen molar-refractivity contribution in [2.75, 3.05) is 30.3 Å². The minimum atomic E-state index is -3.88. The van der Waals surface area contributed by atoms with Crippen molar-refractivity contribution in [3.05, 3.63) is 59.7 Å². The molecule has 164 valence electrons. The summed E-state index contributed by atoms with van der Waals surface area (Å²) >= 11 is 0. The first-order chi connectivity index (χ1) is 13.9. The van der Waals surface area contributed by atoms with Crippen molar-refractivity contribution in [2.24, 2.45) is 0 Å². The van der Waals surface area contributed by atoms with Crippen LogP contribution in [0.25, 0.3) is 0 Å². The average molecular weight is 441 g/mol. The highest BCUT2D eigenvalue weighted by Crippen LogP contribution is 2.24. The van der Waals surface area contributed by atoms with Crippen LogP contribution in [0.15, 0.2) is 42.5 Å². The van der Waals surface area contributed by atoms with Gasteiger partial charge >= 0.3 is 0 Å². The van der Waals surface area contributed by atoms with Gasteiger partial charge in [0.2, 0.25) is 15.9 Å². The Labute approximate surface area is 175 Å². The van der Waals surface area contributed by atoms with Crippen molar-refractivity contribution in [2.45, 2.75) is 26.2 Å². The maximum Gasteiger partial charge on any atom is 0.240 e. The van der Waals surface area contributed by atoms with Crippen LogP contribution in [-0.2, 0) is 20.2 Å². The van der Waals surface area contributed by atoms with Gasteiger partial charge in [0, 0.05) is 6.07 Å². The van der Waals surface area contributed by atoms with Crippen LogP contribution in [0.4, 0.5) is 14.5 Å². The summed E-state index contributed by atoms with van der Waals surface area (Å²) in [6, 6.07) is 10.3. The topological polar surface area (TPSA) is 75.7 Å². The van der Waals surface area contributed by atoms with Crippen molar-refractivity contribution >= 4 is 21.6 Å². The number of nitrogens with zero attached hydrogens (tertiary/aromatic N) is 1. The molecular weight excluding hydrogens is 414 g/mol. The van der Waals surface area contributed by atoms with Crippen LogP contribution in [0, 0.1) is 11.6 Å². The molecule has 2 aromatic carbocycles. The van der Waals surface area contributed by atoms with Crippen molar-refractivity contribution in [1.29, 1.82) is 0 Å². The number of hydrogen-bond acceptors (Lipinski definition) is 4. The van der Waals surface area contributed by atoms with Crippen molar-refractivity contribution in [3.8, 4) is 5.75 Å². The highest BCUT2D eigenvalue weighted by Gasteiger charge is 2.22. The zero-order chi connectivity index (χ0) is 22.5. The Hall–Kier alpha value is -2.68. The Morgan fingerprint density at radius 3 is 2.23 bits per heavy atom. The summed E-state index contributed by atoms with van der Waals surface area (Å²) in [7, 11) is -3.88. The molecular formula is C21H26F2N2O4S. The number of anilines is 1. The molecule has 6 nitrogen and oxygen atoms in total. The predicted octanol–water partition coefficient (Wildman–Crippen LogP) is 3.22. The van der Waals surface area contributed by atoms with Gasteiger partial charge in [0.25, 0.3) is 0 Å². The van der Waals surface area contributed by atoms with E-state index >= 15 is 0 Å². The van der Waals surface area contributed by atoms with Crippen LogP contribution >= 0.6 is 0 Å². The molecule has 2 aromatic rings. The molecule has 0 unspecified atom stereocenters. The van der Waals surface area contributed by atoms with Gasteiger partial charge in [-0.05, 0) is 35.2 Å². The average Bonchev–Trinajstić information content (AvgIpc) is 2.64. The second-order valence-electron chi connectivity index (χ2n) is 7.84. The van der Waals surface area contributed by atoms with Gasteiger partial charge in [0.15, 0.2) is 11.6 Å². The zero-order valence-corrected chi connectivity index (χ0v) is 18.2. The maximum absolute atomic E-state index is 13.5. The Morgan fingerprint density at radius 1 is 1.07 bits per heavy atom. The molecule has 0 radical (unpaired) electrons. The van der Waals surface area contributed by atoms with Crippen molar-refractivity contribution < 1.29 is 26.7 Å². The minimum absolute atomic E-state index is 0.0332. The number of nitrogens with one attached hydrogen (secondary N) is 1. The third-order valence-electron chi connectivity index (χ3n) is 4.29. The van der Waals surface area contributed by atoms with E-state index in [9.17, 15) is 22.0 Å². The summed E-state index contributed by atoms with van der Waals surface area (Å²) in [5, 5.41) is 2.55. The normalized spacial score (nSPS) is 11.8. The van der Waals surface area contributed by atoms with Crippen LogP contribution in [0.1, 0.15) is 26.3 Å². The number of amides is 1. The molecule has 0 aliphatic rings. The number of hydrogen-bond donors (Lipinski definition) is 1. The lowest BCUT2D eigenvalue weighted by atomic mass is 9.87. The SMILES string of the molecule is CC(C)(C)c1ccc(OCCNC(=O)CN(c2ccc(F)c(F)c2)S(C)(=O)=O)cc1. The first kappa shape index (κ1) is 23.6. The fourth-order valence-electron chi connectivity index (χ4n) is 2.64. The van der Waals surface area contributed by atoms with Gasteiger partial charge in [0.1, 0.15) is 18.9 Å². The van der Waals surface area contributed by atoms with E-state index in [2.05, 4.69) is 26.1 Å². The van der Waals surface area contributed by atoms with Gasteiger partial charge in [-0.25, -0.2) is 17.2 Å². The van der Waals surface area contributed by atoms with Crippen LogP contribution in [-0.4, -0.2) is 40.3 Å². The molecule has 9 heteroatoms. The largest absolute Gasteiger partial charge is 0.492 e. The minimum Gasteiger partial charge on any atom is -0.492 e. The smallest absolute Gasteiger partial charge is 0.240 e. The van der Waals surface area contributed by atoms with Gasteiger partial charge in [-0.15, -0.1) is 0 Å². The standard InChI is InChI=1S/C21H26F2N2O4S/c1-21(2,3)15-5-8-17(9-6-15)29-12-11-24-20(26)14-25(30(4,27)28)16-7-10-18(22)19(23)13-16/h5-10,13H,11-12,14H2,1-4H3,(H,24,26). The summed E-state index contributed by atoms with van der Waals surface area (Å²) in [6.07, 6.45) is 0.881. The molecule has 30 heavy (non-hydrogen) atoms. The summed E-state index contributed by atoms with van der Waals surface area (Å²) in [5.74, 6) is -2.26. The number of benzene rings is 2. The molecule has 0 atom stereocenters. The van der Waals surface area contributed by atoms with Crippen molar-refractivity contribution in [3.63, 3.8) is 0 Å². The molecule has 0 aliphatic carbocycles. The highest BCUT2D eigenvalue weighted by atomic mass is 32.2. The first-order valence-electron chi connectivity index (χ1n) is 9.31. The second-order valence-corrected chi connectivity index (χ2v) is 9.75. The Balaban J connectivity index is 1.89. The fourth-order valence-corrected chi connectivity index (χ4v) is 3.49. The molecule has 0 heterocycles. The fraction of sp³-hybridized carbons (Fsp3) is 0.381. The highest BCUT2D eigenvalue weighted by molar-refractivity contribution is 7.92. The van der Waals surface area contributed by atoms with E-state index < -0.39 is 34.1 Å². The number of sulfonamides is 1. The molecule has 0 spiro atoms. The molecule has 1 N–H and O–H groups in total. The lowest BCUT2D eigenvalue weighted by molar-refractivity contribution is -0.119. The first-order valence-corrected chi connectivity index (χ1v) is 11.2. The quantitative estimate of drug-likeness (QED) is 0.640. The van der Waals surface area contributed by atoms with Gasteiger partial charge in [-0.1, -0.05) is 32.9 Å². The van der Waals surface area contributed by atoms with E-state index in [4.69, 9.17) is 4.74 Å². The molecule has 0 fully saturated rings. The van der Waals surface area contributed by atoms with E-state index in [1.165, 1.54) is 5.56 Å². The number of carbonyl (C=O) groups is 1. The van der Waals surface area contributed by atoms with Crippen LogP contribution in [0.5, 0.6) is 5.75 Å². The molecule has 0 saturated carbocycles. The van der Waals surface area contributed by atoms with E-state index in [0.717, 1.165) is 24.5 Å². The number of ether oxygens (including phenoxy) is 1. The molecule has 0 bridgehead atoms. The Morgan fingerprint density at radius 2 is 1.70 bits per heavy atom. The number of carbonyl (C=O) groups excluding carboxylic acids is 1. The molecule has 0 aromatic heterocycles. The van der Waals surface area contributed by atoms with Gasteiger partial charge < -0.3 is 10.1 Å². The van der Waals surface area contributed by atoms with E-state index in [1.54, 1.807) is 0 Å². The number of halogens is 2. The Bertz CT molecular complexity index is 987. The summed E-state index contributed by atoms with van der Waals surface area (Å²) in [4.78, 5) is 12.2. The van der Waals surface area contributed by atoms with E-state index in [0.29, 0.717) is 10.1 Å². The van der Waals surface area contributed by atoms with Crippen LogP contribution in [0.3, 0.4) is 0 Å². The predicted molar refractivity (Wildman–Crippen MR) is 112 cm³/mol. The maximum atomic E-state index is 13.5. The monoisotopic (exact) mass is 440 g/mol. The van der Waals surface area contributed by atoms with Gasteiger partial charge in [-0.2, -0.15) is 0 Å². The lowest BCUT2D eigenvalue weighted by Crippen LogP contribution is -2.41. The number of rotatable bonds is 8. The van der Waals surface area contributed by atoms with E-state index in [-0.39, 0.29) is 24.3 Å². The third kappa shape index (κ3) is 6.69. The molecule has 0 saturated heterocycles. The lowest BCUT2D eigenvalue weighted by Gasteiger charge is -2.22. The van der Waals surface area contributed by atoms with Gasteiger partial charge in [-0.3, -0.25) is 9.10 Å². The zero-order valence-electron chi connectivity index (χ0n) is 17.4.